The van der Waals surface area contributed by atoms with Crippen LogP contribution in [-0.4, -0.2) is 0 Å². The molecule has 0 bridgehead atoms. The first-order valence-electron chi connectivity index (χ1n) is 31.4. The van der Waals surface area contributed by atoms with E-state index in [-0.39, 0.29) is 16.2 Å². The van der Waals surface area contributed by atoms with Crippen LogP contribution in [0.3, 0.4) is 0 Å². The molecule has 16 aromatic rings. The van der Waals surface area contributed by atoms with Crippen molar-refractivity contribution in [2.24, 2.45) is 16.2 Å². The van der Waals surface area contributed by atoms with Crippen LogP contribution in [0, 0.1) is 114 Å². The van der Waals surface area contributed by atoms with Gasteiger partial charge < -0.3 is 0 Å². The highest BCUT2D eigenvalue weighted by atomic mass is 14.4. The summed E-state index contributed by atoms with van der Waals surface area (Å²) in [6, 6.07) is 44.4. The van der Waals surface area contributed by atoms with Gasteiger partial charge in [0.1, 0.15) is 0 Å². The van der Waals surface area contributed by atoms with E-state index < -0.39 is 0 Å². The fraction of sp³-hybridized carbons (Fsp3) is 0.241. The molecule has 420 valence electrons. The van der Waals surface area contributed by atoms with Crippen LogP contribution in [0.15, 0.2) is 109 Å². The van der Waals surface area contributed by atoms with E-state index in [1.54, 1.807) is 0 Å². The van der Waals surface area contributed by atoms with E-state index in [0.717, 1.165) is 16.7 Å². The van der Waals surface area contributed by atoms with Crippen LogP contribution < -0.4 is 0 Å². The number of fused-ring (bicyclic) bond motifs is 6. The van der Waals surface area contributed by atoms with Gasteiger partial charge in [-0.15, -0.1) is 0 Å². The van der Waals surface area contributed by atoms with E-state index in [1.165, 1.54) is 213 Å². The first kappa shape index (κ1) is 53.4. The molecule has 0 unspecified atom stereocenters. The van der Waals surface area contributed by atoms with Crippen LogP contribution in [-0.2, 0) is 0 Å². The molecular formula is C87H72. The second-order valence-electron chi connectivity index (χ2n) is 29.7. The molecule has 0 saturated carbocycles. The third-order valence-corrected chi connectivity index (χ3v) is 19.2. The quantitative estimate of drug-likeness (QED) is 0.0940. The molecule has 0 aliphatic carbocycles. The van der Waals surface area contributed by atoms with Crippen molar-refractivity contribution in [3.05, 3.63) is 176 Å². The Hall–Kier alpha value is -9.12. The number of rotatable bonds is 3. The molecule has 0 N–H and O–H groups in total. The highest BCUT2D eigenvalue weighted by Crippen LogP contribution is 2.62. The summed E-state index contributed by atoms with van der Waals surface area (Å²) in [6.45, 7) is 40.6. The molecule has 0 spiro atoms. The van der Waals surface area contributed by atoms with Gasteiger partial charge in [0.25, 0.3) is 0 Å². The topological polar surface area (TPSA) is 0 Å². The number of aryl methyl sites for hydroxylation is 9. The molecule has 0 aromatic heterocycles. The lowest BCUT2D eigenvalue weighted by atomic mass is 9.72. The highest BCUT2D eigenvalue weighted by Gasteiger charge is 2.34. The Bertz CT molecular complexity index is 5090. The molecule has 0 heterocycles. The maximum Gasteiger partial charge on any atom is 0.0258 e. The minimum Gasteiger partial charge on any atom is -0.0920 e. The lowest BCUT2D eigenvalue weighted by Gasteiger charge is -2.30. The van der Waals surface area contributed by atoms with E-state index in [0.29, 0.717) is 0 Å². The molecule has 0 amide bonds. The summed E-state index contributed by atoms with van der Waals surface area (Å²) in [5.41, 5.74) is 21.7. The molecule has 16 aromatic carbocycles. The van der Waals surface area contributed by atoms with Crippen molar-refractivity contribution < 1.29 is 0 Å². The molecule has 16 rings (SSSR count). The Morgan fingerprint density at radius 3 is 0.529 bits per heavy atom. The lowest BCUT2D eigenvalue weighted by molar-refractivity contribution is 0.570. The van der Waals surface area contributed by atoms with Crippen LogP contribution in [0.5, 0.6) is 0 Å². The second-order valence-corrected chi connectivity index (χ2v) is 29.7. The molecule has 0 fully saturated rings. The zero-order valence-electron chi connectivity index (χ0n) is 53.9. The van der Waals surface area contributed by atoms with Gasteiger partial charge in [-0.2, -0.15) is 0 Å². The third kappa shape index (κ3) is 7.68. The molecule has 87 heavy (non-hydrogen) atoms. The Labute approximate surface area is 512 Å². The molecule has 0 heteroatoms. The van der Waals surface area contributed by atoms with E-state index in [2.05, 4.69) is 269 Å². The zero-order chi connectivity index (χ0) is 60.7. The first-order chi connectivity index (χ1) is 41.2. The smallest absolute Gasteiger partial charge is 0.0258 e. The summed E-state index contributed by atoms with van der Waals surface area (Å²) in [5, 5.41) is 31.4. The maximum atomic E-state index is 3.82. The van der Waals surface area contributed by atoms with Crippen molar-refractivity contribution in [3.63, 3.8) is 0 Å². The van der Waals surface area contributed by atoms with Crippen LogP contribution in [0.1, 0.15) is 129 Å². The van der Waals surface area contributed by atoms with Crippen molar-refractivity contribution in [1.82, 2.24) is 0 Å². The minimum absolute atomic E-state index is 0.203. The van der Waals surface area contributed by atoms with Crippen LogP contribution >= 0.6 is 0 Å². The predicted octanol–water partition coefficient (Wildman–Crippen LogP) is 24.1. The normalized spacial score (nSPS) is 12.9. The van der Waals surface area contributed by atoms with E-state index in [9.17, 15) is 0 Å². The van der Waals surface area contributed by atoms with Crippen molar-refractivity contribution in [3.8, 4) is 68.9 Å². The van der Waals surface area contributed by atoms with Crippen molar-refractivity contribution in [2.75, 3.05) is 0 Å². The van der Waals surface area contributed by atoms with Gasteiger partial charge in [-0.25, -0.2) is 0 Å². The first-order valence-corrected chi connectivity index (χ1v) is 31.4. The van der Waals surface area contributed by atoms with E-state index in [4.69, 9.17) is 0 Å². The SMILES string of the molecule is Cc1cc(C)c(-c2cc3c4cc(C#CC(C)(C)C)cc5c6cc(-c7c(C)cc(C)cc7C)cc7c8cc(C#CC(C)(C)C)cc9c%10cc(-c%11c(C)cc(C)cc%11C)cc%11c%12cc(C#CC(C)(C)C)cc%13c(c2)c3c2c(c45)c(c67)c(c89)c(c%11%10)c2c%13%12)c(C)c1. The van der Waals surface area contributed by atoms with E-state index in [1.807, 2.05) is 0 Å². The number of benzene rings is 16. The monoisotopic (exact) mass is 1120 g/mol. The molecule has 0 aliphatic heterocycles. The Morgan fingerprint density at radius 1 is 0.207 bits per heavy atom. The summed E-state index contributed by atoms with van der Waals surface area (Å²) < 4.78 is 0. The summed E-state index contributed by atoms with van der Waals surface area (Å²) in [6.07, 6.45) is 0. The molecular weight excluding hydrogens is 1040 g/mol. The van der Waals surface area contributed by atoms with Crippen LogP contribution in [0.4, 0.5) is 0 Å². The van der Waals surface area contributed by atoms with Gasteiger partial charge in [-0.3, -0.25) is 0 Å². The average molecular weight is 1120 g/mol. The van der Waals surface area contributed by atoms with Crippen LogP contribution in [0.25, 0.3) is 163 Å². The van der Waals surface area contributed by atoms with Gasteiger partial charge in [0.05, 0.1) is 0 Å². The van der Waals surface area contributed by atoms with Crippen molar-refractivity contribution in [2.45, 2.75) is 125 Å². The lowest BCUT2D eigenvalue weighted by Crippen LogP contribution is -2.03. The fourth-order valence-electron chi connectivity index (χ4n) is 16.6. The Balaban J connectivity index is 1.28. The van der Waals surface area contributed by atoms with Gasteiger partial charge in [0.15, 0.2) is 0 Å². The maximum absolute atomic E-state index is 3.82. The second kappa shape index (κ2) is 17.5. The van der Waals surface area contributed by atoms with Gasteiger partial charge in [0, 0.05) is 32.9 Å². The summed E-state index contributed by atoms with van der Waals surface area (Å²) in [4.78, 5) is 0. The average Bonchev–Trinajstić information content (AvgIpc) is 0.646. The van der Waals surface area contributed by atoms with Crippen molar-refractivity contribution in [1.29, 1.82) is 0 Å². The van der Waals surface area contributed by atoms with Gasteiger partial charge >= 0.3 is 0 Å². The minimum atomic E-state index is -0.203. The standard InChI is InChI=1S/C87H72/c1-43-25-46(4)70(47(5)26-43)55-37-64-58-31-52(19-22-85(10,11)12)33-60-66-39-56(71-48(6)27-44(2)28-49(71)7)41-68-62-35-54(21-24-87(16,17)18)36-63-69-42-57(72-50(8)29-45(3)30-51(72)9)40-67-61-34-53(20-23-86(13,14)15)32-59-65(38-55)76(64)82-79(73(58)60)83(77(66)68)81(75(62)63)84(78(67)69)80(82)74(59)61/h25-42H,1-18H3. The molecule has 0 aliphatic rings. The Kier molecular flexibility index (Phi) is 10.8. The summed E-state index contributed by atoms with van der Waals surface area (Å²) in [5.74, 6) is 22.6. The predicted molar refractivity (Wildman–Crippen MR) is 382 cm³/mol. The number of hydrogen-bond donors (Lipinski definition) is 0. The largest absolute Gasteiger partial charge is 0.0920 e. The molecule has 0 nitrogen and oxygen atoms in total. The van der Waals surface area contributed by atoms with Gasteiger partial charge in [0.2, 0.25) is 0 Å². The number of hydrogen-bond acceptors (Lipinski definition) is 0. The zero-order valence-corrected chi connectivity index (χ0v) is 53.9. The molecule has 0 atom stereocenters. The molecule has 0 radical (unpaired) electrons. The van der Waals surface area contributed by atoms with Crippen LogP contribution in [0.2, 0.25) is 0 Å². The third-order valence-electron chi connectivity index (χ3n) is 19.2. The molecule has 0 saturated heterocycles. The van der Waals surface area contributed by atoms with E-state index >= 15 is 0 Å². The highest BCUT2D eigenvalue weighted by molar-refractivity contribution is 6.61. The van der Waals surface area contributed by atoms with Crippen molar-refractivity contribution >= 4 is 129 Å². The van der Waals surface area contributed by atoms with Gasteiger partial charge in [-0.1, -0.05) is 88.6 Å². The van der Waals surface area contributed by atoms with Gasteiger partial charge in [-0.05, 0) is 393 Å². The summed E-state index contributed by atoms with van der Waals surface area (Å²) in [7, 11) is 0. The summed E-state index contributed by atoms with van der Waals surface area (Å²) >= 11 is 0. The fourth-order valence-corrected chi connectivity index (χ4v) is 16.6. The Morgan fingerprint density at radius 2 is 0.368 bits per heavy atom.